The van der Waals surface area contributed by atoms with E-state index in [0.717, 1.165) is 0 Å². The molecule has 0 atom stereocenters. The second kappa shape index (κ2) is 5.89. The van der Waals surface area contributed by atoms with Crippen LogP contribution in [0.15, 0.2) is 12.3 Å². The highest BCUT2D eigenvalue weighted by molar-refractivity contribution is 5.80. The molecule has 0 fully saturated rings. The summed E-state index contributed by atoms with van der Waals surface area (Å²) in [5.74, 6) is 1.24. The van der Waals surface area contributed by atoms with Crippen molar-refractivity contribution >= 4 is 17.7 Å². The number of hydrogen-bond acceptors (Lipinski definition) is 5. The normalized spacial score (nSPS) is 9.69. The highest BCUT2D eigenvalue weighted by Crippen LogP contribution is 2.09. The minimum absolute atomic E-state index is 0.0189. The average molecular weight is 223 g/mol. The molecule has 1 amide bonds. The highest BCUT2D eigenvalue weighted by atomic mass is 16.2. The van der Waals surface area contributed by atoms with Gasteiger partial charge in [0.1, 0.15) is 5.82 Å². The van der Waals surface area contributed by atoms with Gasteiger partial charge in [0, 0.05) is 26.8 Å². The van der Waals surface area contributed by atoms with Crippen LogP contribution in [0.4, 0.5) is 11.8 Å². The molecule has 1 aromatic rings. The lowest BCUT2D eigenvalue weighted by Crippen LogP contribution is -2.35. The molecular weight excluding hydrogens is 206 g/mol. The molecule has 0 saturated carbocycles. The van der Waals surface area contributed by atoms with Crippen molar-refractivity contribution in [1.82, 2.24) is 15.3 Å². The first-order valence-electron chi connectivity index (χ1n) is 5.16. The Labute approximate surface area is 95.1 Å². The van der Waals surface area contributed by atoms with E-state index in [-0.39, 0.29) is 12.5 Å². The van der Waals surface area contributed by atoms with Gasteiger partial charge >= 0.3 is 0 Å². The Balaban J connectivity index is 2.64. The molecule has 0 aliphatic rings. The maximum atomic E-state index is 11.4. The Bertz CT molecular complexity index is 355. The van der Waals surface area contributed by atoms with Crippen molar-refractivity contribution in [3.63, 3.8) is 0 Å². The molecule has 0 bridgehead atoms. The predicted molar refractivity (Wildman–Crippen MR) is 63.5 cm³/mol. The molecule has 16 heavy (non-hydrogen) atoms. The van der Waals surface area contributed by atoms with Gasteiger partial charge in [0.25, 0.3) is 0 Å². The Kier molecular flexibility index (Phi) is 4.50. The van der Waals surface area contributed by atoms with Crippen LogP contribution in [-0.2, 0) is 4.79 Å². The standard InChI is InChI=1S/C10H17N5O/c1-4-12-9(16)7-15(3)8-5-6-13-10(11-2)14-8/h5-6H,4,7H2,1-3H3,(H,12,16)(H,11,13,14). The van der Waals surface area contributed by atoms with Crippen molar-refractivity contribution < 1.29 is 4.79 Å². The summed E-state index contributed by atoms with van der Waals surface area (Å²) in [6.45, 7) is 2.81. The average Bonchev–Trinajstić information content (AvgIpc) is 2.29. The first kappa shape index (κ1) is 12.2. The lowest BCUT2D eigenvalue weighted by atomic mass is 10.4. The maximum Gasteiger partial charge on any atom is 0.239 e. The summed E-state index contributed by atoms with van der Waals surface area (Å²) in [6, 6.07) is 1.76. The number of carbonyl (C=O) groups is 1. The van der Waals surface area contributed by atoms with Crippen LogP contribution in [0.2, 0.25) is 0 Å². The molecule has 1 aromatic heterocycles. The summed E-state index contributed by atoms with van der Waals surface area (Å²) in [5, 5.41) is 5.59. The van der Waals surface area contributed by atoms with Crippen LogP contribution >= 0.6 is 0 Å². The molecular formula is C10H17N5O. The van der Waals surface area contributed by atoms with Gasteiger partial charge in [-0.1, -0.05) is 0 Å². The number of likely N-dealkylation sites (N-methyl/N-ethyl adjacent to an activating group) is 2. The summed E-state index contributed by atoms with van der Waals surface area (Å²) < 4.78 is 0. The number of rotatable bonds is 5. The van der Waals surface area contributed by atoms with Crippen LogP contribution in [-0.4, -0.2) is 43.1 Å². The van der Waals surface area contributed by atoms with Gasteiger partial charge in [-0.2, -0.15) is 4.98 Å². The van der Waals surface area contributed by atoms with Crippen LogP contribution in [0, 0.1) is 0 Å². The van der Waals surface area contributed by atoms with E-state index in [9.17, 15) is 4.79 Å². The van der Waals surface area contributed by atoms with Crippen LogP contribution in [0.3, 0.4) is 0 Å². The lowest BCUT2D eigenvalue weighted by Gasteiger charge is -2.17. The smallest absolute Gasteiger partial charge is 0.239 e. The molecule has 0 aliphatic heterocycles. The molecule has 0 saturated heterocycles. The van der Waals surface area contributed by atoms with Crippen LogP contribution in [0.1, 0.15) is 6.92 Å². The number of amides is 1. The van der Waals surface area contributed by atoms with E-state index in [1.807, 2.05) is 14.0 Å². The van der Waals surface area contributed by atoms with Crippen LogP contribution in [0.5, 0.6) is 0 Å². The molecule has 88 valence electrons. The van der Waals surface area contributed by atoms with Crippen LogP contribution in [0.25, 0.3) is 0 Å². The third-order valence-corrected chi connectivity index (χ3v) is 2.01. The lowest BCUT2D eigenvalue weighted by molar-refractivity contribution is -0.119. The van der Waals surface area contributed by atoms with Gasteiger partial charge in [0.05, 0.1) is 6.54 Å². The van der Waals surface area contributed by atoms with Gasteiger partial charge in [-0.25, -0.2) is 4.98 Å². The van der Waals surface area contributed by atoms with Crippen molar-refractivity contribution in [2.24, 2.45) is 0 Å². The summed E-state index contributed by atoms with van der Waals surface area (Å²) in [4.78, 5) is 21.4. The predicted octanol–water partition coefficient (Wildman–Crippen LogP) is 0.0906. The number of carbonyl (C=O) groups excluding carboxylic acids is 1. The maximum absolute atomic E-state index is 11.4. The fourth-order valence-electron chi connectivity index (χ4n) is 1.23. The summed E-state index contributed by atoms with van der Waals surface area (Å²) in [5.41, 5.74) is 0. The van der Waals surface area contributed by atoms with Gasteiger partial charge in [-0.15, -0.1) is 0 Å². The molecule has 0 radical (unpaired) electrons. The van der Waals surface area contributed by atoms with Gasteiger partial charge in [0.2, 0.25) is 11.9 Å². The van der Waals surface area contributed by atoms with E-state index >= 15 is 0 Å². The van der Waals surface area contributed by atoms with Crippen molar-refractivity contribution in [2.75, 3.05) is 37.4 Å². The number of nitrogens with zero attached hydrogens (tertiary/aromatic N) is 3. The van der Waals surface area contributed by atoms with Crippen molar-refractivity contribution in [1.29, 1.82) is 0 Å². The molecule has 0 aromatic carbocycles. The molecule has 1 rings (SSSR count). The summed E-state index contributed by atoms with van der Waals surface area (Å²) in [7, 11) is 3.57. The largest absolute Gasteiger partial charge is 0.357 e. The monoisotopic (exact) mass is 223 g/mol. The van der Waals surface area contributed by atoms with E-state index in [2.05, 4.69) is 20.6 Å². The van der Waals surface area contributed by atoms with E-state index in [1.54, 1.807) is 24.2 Å². The molecule has 1 heterocycles. The summed E-state index contributed by atoms with van der Waals surface area (Å²) >= 11 is 0. The zero-order chi connectivity index (χ0) is 12.0. The third-order valence-electron chi connectivity index (χ3n) is 2.01. The minimum Gasteiger partial charge on any atom is -0.357 e. The first-order chi connectivity index (χ1) is 7.67. The zero-order valence-corrected chi connectivity index (χ0v) is 9.82. The molecule has 6 nitrogen and oxygen atoms in total. The number of aromatic nitrogens is 2. The van der Waals surface area contributed by atoms with Gasteiger partial charge < -0.3 is 15.5 Å². The van der Waals surface area contributed by atoms with Crippen molar-refractivity contribution in [2.45, 2.75) is 6.92 Å². The minimum atomic E-state index is -0.0189. The van der Waals surface area contributed by atoms with Gasteiger partial charge in [0.15, 0.2) is 0 Å². The van der Waals surface area contributed by atoms with E-state index < -0.39 is 0 Å². The quantitative estimate of drug-likeness (QED) is 0.740. The van der Waals surface area contributed by atoms with E-state index in [0.29, 0.717) is 18.3 Å². The first-order valence-corrected chi connectivity index (χ1v) is 5.16. The molecule has 6 heteroatoms. The Morgan fingerprint density at radius 2 is 2.31 bits per heavy atom. The molecule has 0 unspecified atom stereocenters. The zero-order valence-electron chi connectivity index (χ0n) is 9.82. The summed E-state index contributed by atoms with van der Waals surface area (Å²) in [6.07, 6.45) is 1.66. The highest BCUT2D eigenvalue weighted by Gasteiger charge is 2.08. The third kappa shape index (κ3) is 3.38. The topological polar surface area (TPSA) is 70.2 Å². The fourth-order valence-corrected chi connectivity index (χ4v) is 1.23. The van der Waals surface area contributed by atoms with E-state index in [4.69, 9.17) is 0 Å². The molecule has 0 aliphatic carbocycles. The SMILES string of the molecule is CCNC(=O)CN(C)c1ccnc(NC)n1. The van der Waals surface area contributed by atoms with Gasteiger partial charge in [-0.3, -0.25) is 4.79 Å². The van der Waals surface area contributed by atoms with Crippen molar-refractivity contribution in [3.8, 4) is 0 Å². The Hall–Kier alpha value is -1.85. The Morgan fingerprint density at radius 3 is 2.94 bits per heavy atom. The van der Waals surface area contributed by atoms with Gasteiger partial charge in [-0.05, 0) is 13.0 Å². The molecule has 0 spiro atoms. The molecule has 2 N–H and O–H groups in total. The second-order valence-electron chi connectivity index (χ2n) is 3.30. The van der Waals surface area contributed by atoms with Crippen LogP contribution < -0.4 is 15.5 Å². The second-order valence-corrected chi connectivity index (χ2v) is 3.30. The number of hydrogen-bond donors (Lipinski definition) is 2. The fraction of sp³-hybridized carbons (Fsp3) is 0.500. The number of anilines is 2. The Morgan fingerprint density at radius 1 is 1.56 bits per heavy atom. The van der Waals surface area contributed by atoms with Crippen molar-refractivity contribution in [3.05, 3.63) is 12.3 Å². The van der Waals surface area contributed by atoms with E-state index in [1.165, 1.54) is 0 Å². The number of nitrogens with one attached hydrogen (secondary N) is 2.